The highest BCUT2D eigenvalue weighted by molar-refractivity contribution is 5.99. The van der Waals surface area contributed by atoms with Crippen molar-refractivity contribution in [2.75, 3.05) is 18.5 Å². The second-order valence-electron chi connectivity index (χ2n) is 6.21. The van der Waals surface area contributed by atoms with Crippen molar-refractivity contribution in [3.8, 4) is 5.75 Å². The van der Waals surface area contributed by atoms with Gasteiger partial charge in [0.2, 0.25) is 0 Å². The van der Waals surface area contributed by atoms with E-state index >= 15 is 0 Å². The average molecular weight is 370 g/mol. The average Bonchev–Trinajstić information content (AvgIpc) is 2.66. The second kappa shape index (κ2) is 9.49. The van der Waals surface area contributed by atoms with Gasteiger partial charge in [0.25, 0.3) is 0 Å². The highest BCUT2D eigenvalue weighted by atomic mass is 16.6. The van der Waals surface area contributed by atoms with E-state index in [-0.39, 0.29) is 36.2 Å². The molecular weight excluding hydrogens is 348 g/mol. The van der Waals surface area contributed by atoms with E-state index in [0.29, 0.717) is 11.3 Å². The lowest BCUT2D eigenvalue weighted by Crippen LogP contribution is -2.19. The number of rotatable bonds is 7. The van der Waals surface area contributed by atoms with E-state index in [1.807, 2.05) is 13.8 Å². The van der Waals surface area contributed by atoms with Crippen LogP contribution >= 0.6 is 0 Å². The standard InChI is InChI=1S/C20H22N2O5/c1-13(2)12-26-19(24)16-8-3-4-9-18(16)27-20(25)22-15-7-5-6-14(10-15)17(23)11-21/h3-10,13H,11-12,21H2,1-2H3,(H,22,25). The lowest BCUT2D eigenvalue weighted by Gasteiger charge is -2.12. The highest BCUT2D eigenvalue weighted by Gasteiger charge is 2.17. The van der Waals surface area contributed by atoms with Gasteiger partial charge in [-0.25, -0.2) is 9.59 Å². The number of ketones is 1. The van der Waals surface area contributed by atoms with Crippen molar-refractivity contribution in [1.82, 2.24) is 0 Å². The van der Waals surface area contributed by atoms with Crippen molar-refractivity contribution in [3.05, 3.63) is 59.7 Å². The Bertz CT molecular complexity index is 833. The molecule has 0 bridgehead atoms. The number of amides is 1. The Hall–Kier alpha value is -3.19. The fourth-order valence-corrected chi connectivity index (χ4v) is 2.18. The summed E-state index contributed by atoms with van der Waals surface area (Å²) in [5.41, 5.74) is 6.25. The summed E-state index contributed by atoms with van der Waals surface area (Å²) < 4.78 is 10.4. The molecule has 27 heavy (non-hydrogen) atoms. The Morgan fingerprint density at radius 3 is 2.52 bits per heavy atom. The molecule has 1 amide bonds. The number of hydrogen-bond acceptors (Lipinski definition) is 6. The number of hydrogen-bond donors (Lipinski definition) is 2. The zero-order valence-corrected chi connectivity index (χ0v) is 15.2. The van der Waals surface area contributed by atoms with Gasteiger partial charge in [-0.15, -0.1) is 0 Å². The fourth-order valence-electron chi connectivity index (χ4n) is 2.18. The predicted molar refractivity (Wildman–Crippen MR) is 101 cm³/mol. The number of benzene rings is 2. The van der Waals surface area contributed by atoms with Gasteiger partial charge in [-0.1, -0.05) is 38.1 Å². The van der Waals surface area contributed by atoms with Crippen LogP contribution in [-0.4, -0.2) is 31.0 Å². The van der Waals surface area contributed by atoms with Crippen LogP contribution in [0.1, 0.15) is 34.6 Å². The topological polar surface area (TPSA) is 108 Å². The highest BCUT2D eigenvalue weighted by Crippen LogP contribution is 2.20. The largest absolute Gasteiger partial charge is 0.462 e. The van der Waals surface area contributed by atoms with Crippen molar-refractivity contribution >= 4 is 23.5 Å². The molecule has 0 unspecified atom stereocenters. The molecule has 2 aromatic rings. The van der Waals surface area contributed by atoms with E-state index in [0.717, 1.165) is 0 Å². The van der Waals surface area contributed by atoms with Gasteiger partial charge >= 0.3 is 12.1 Å². The minimum absolute atomic E-state index is 0.0814. The molecule has 7 nitrogen and oxygen atoms in total. The van der Waals surface area contributed by atoms with Crippen molar-refractivity contribution < 1.29 is 23.9 Å². The zero-order valence-electron chi connectivity index (χ0n) is 15.2. The van der Waals surface area contributed by atoms with Crippen LogP contribution in [-0.2, 0) is 4.74 Å². The summed E-state index contributed by atoms with van der Waals surface area (Å²) in [6.45, 7) is 3.99. The first-order valence-corrected chi connectivity index (χ1v) is 8.49. The van der Waals surface area contributed by atoms with Gasteiger partial charge in [0, 0.05) is 11.3 Å². The molecule has 0 aromatic heterocycles. The molecule has 2 rings (SSSR count). The first-order chi connectivity index (χ1) is 12.9. The number of anilines is 1. The summed E-state index contributed by atoms with van der Waals surface area (Å²) >= 11 is 0. The fraction of sp³-hybridized carbons (Fsp3) is 0.250. The van der Waals surface area contributed by atoms with Crippen LogP contribution in [0.2, 0.25) is 0 Å². The number of Topliss-reactive ketones (excluding diaryl/α,β-unsaturated/α-hetero) is 1. The SMILES string of the molecule is CC(C)COC(=O)c1ccccc1OC(=O)Nc1cccc(C(=O)CN)c1. The lowest BCUT2D eigenvalue weighted by molar-refractivity contribution is 0.0456. The van der Waals surface area contributed by atoms with E-state index < -0.39 is 12.1 Å². The molecule has 0 saturated carbocycles. The van der Waals surface area contributed by atoms with Gasteiger partial charge < -0.3 is 15.2 Å². The van der Waals surface area contributed by atoms with Gasteiger partial charge in [0.15, 0.2) is 5.78 Å². The monoisotopic (exact) mass is 370 g/mol. The smallest absolute Gasteiger partial charge is 0.417 e. The molecule has 2 aromatic carbocycles. The number of nitrogens with two attached hydrogens (primary N) is 1. The van der Waals surface area contributed by atoms with E-state index in [1.165, 1.54) is 18.2 Å². The molecule has 0 aliphatic rings. The number of ether oxygens (including phenoxy) is 2. The Morgan fingerprint density at radius 1 is 1.07 bits per heavy atom. The maximum Gasteiger partial charge on any atom is 0.417 e. The van der Waals surface area contributed by atoms with E-state index in [1.54, 1.807) is 30.3 Å². The van der Waals surface area contributed by atoms with Crippen LogP contribution in [0.4, 0.5) is 10.5 Å². The third-order valence-corrected chi connectivity index (χ3v) is 3.47. The quantitative estimate of drug-likeness (QED) is 0.572. The van der Waals surface area contributed by atoms with Crippen molar-refractivity contribution in [2.45, 2.75) is 13.8 Å². The Balaban J connectivity index is 2.08. The minimum Gasteiger partial charge on any atom is -0.462 e. The van der Waals surface area contributed by atoms with Crippen LogP contribution in [0.25, 0.3) is 0 Å². The summed E-state index contributed by atoms with van der Waals surface area (Å²) in [5, 5.41) is 2.52. The van der Waals surface area contributed by atoms with Crippen LogP contribution in [0, 0.1) is 5.92 Å². The summed E-state index contributed by atoms with van der Waals surface area (Å²) in [5.74, 6) is -0.542. The van der Waals surface area contributed by atoms with Crippen LogP contribution in [0.3, 0.4) is 0 Å². The van der Waals surface area contributed by atoms with Gasteiger partial charge in [0.05, 0.1) is 13.2 Å². The summed E-state index contributed by atoms with van der Waals surface area (Å²) in [4.78, 5) is 36.0. The van der Waals surface area contributed by atoms with Gasteiger partial charge in [-0.2, -0.15) is 0 Å². The van der Waals surface area contributed by atoms with E-state index in [9.17, 15) is 14.4 Å². The number of nitrogens with one attached hydrogen (secondary N) is 1. The molecule has 0 atom stereocenters. The van der Waals surface area contributed by atoms with Crippen LogP contribution in [0.5, 0.6) is 5.75 Å². The normalized spacial score (nSPS) is 10.4. The Labute approximate surface area is 157 Å². The number of carbonyl (C=O) groups is 3. The molecule has 0 saturated heterocycles. The Morgan fingerprint density at radius 2 is 1.81 bits per heavy atom. The second-order valence-corrected chi connectivity index (χ2v) is 6.21. The molecule has 3 N–H and O–H groups in total. The summed E-state index contributed by atoms with van der Waals surface area (Å²) in [6, 6.07) is 12.6. The zero-order chi connectivity index (χ0) is 19.8. The first-order valence-electron chi connectivity index (χ1n) is 8.49. The minimum atomic E-state index is -0.795. The molecule has 0 heterocycles. The lowest BCUT2D eigenvalue weighted by atomic mass is 10.1. The Kier molecular flexibility index (Phi) is 7.08. The number of para-hydroxylation sites is 1. The van der Waals surface area contributed by atoms with E-state index in [4.69, 9.17) is 15.2 Å². The molecule has 7 heteroatoms. The molecule has 0 spiro atoms. The summed E-state index contributed by atoms with van der Waals surface area (Å²) in [6.07, 6.45) is -0.795. The molecule has 0 radical (unpaired) electrons. The molecule has 142 valence electrons. The maximum atomic E-state index is 12.2. The molecule has 0 aliphatic heterocycles. The van der Waals surface area contributed by atoms with Gasteiger partial charge in [-0.05, 0) is 30.2 Å². The third-order valence-electron chi connectivity index (χ3n) is 3.47. The summed E-state index contributed by atoms with van der Waals surface area (Å²) in [7, 11) is 0. The predicted octanol–water partition coefficient (Wildman–Crippen LogP) is 3.25. The third kappa shape index (κ3) is 5.93. The van der Waals surface area contributed by atoms with E-state index in [2.05, 4.69) is 5.32 Å². The van der Waals surface area contributed by atoms with Gasteiger partial charge in [-0.3, -0.25) is 10.1 Å². The number of esters is 1. The van der Waals surface area contributed by atoms with Crippen LogP contribution < -0.4 is 15.8 Å². The molecule has 0 fully saturated rings. The van der Waals surface area contributed by atoms with Gasteiger partial charge in [0.1, 0.15) is 11.3 Å². The molecule has 0 aliphatic carbocycles. The van der Waals surface area contributed by atoms with Crippen molar-refractivity contribution in [3.63, 3.8) is 0 Å². The molecular formula is C20H22N2O5. The van der Waals surface area contributed by atoms with Crippen LogP contribution in [0.15, 0.2) is 48.5 Å². The number of carbonyl (C=O) groups excluding carboxylic acids is 3. The first kappa shape index (κ1) is 20.1. The van der Waals surface area contributed by atoms with Crippen molar-refractivity contribution in [1.29, 1.82) is 0 Å². The van der Waals surface area contributed by atoms with Crippen molar-refractivity contribution in [2.24, 2.45) is 11.7 Å². The maximum absolute atomic E-state index is 12.2.